The zero-order valence-electron chi connectivity index (χ0n) is 10.1. The van der Waals surface area contributed by atoms with Gasteiger partial charge in [-0.15, -0.1) is 0 Å². The molecule has 3 rings (SSSR count). The predicted molar refractivity (Wildman–Crippen MR) is 67.2 cm³/mol. The Balaban J connectivity index is 2.06. The first-order valence-electron chi connectivity index (χ1n) is 5.64. The van der Waals surface area contributed by atoms with Gasteiger partial charge in [0.05, 0.1) is 11.8 Å². The van der Waals surface area contributed by atoms with Crippen molar-refractivity contribution in [3.05, 3.63) is 42.5 Å². The molecular weight excluding hydrogens is 244 g/mol. The molecule has 1 N–H and O–H groups in total. The predicted octanol–water partition coefficient (Wildman–Crippen LogP) is 2.21. The molecule has 6 nitrogen and oxygen atoms in total. The third-order valence-corrected chi connectivity index (χ3v) is 2.74. The first-order valence-corrected chi connectivity index (χ1v) is 5.64. The lowest BCUT2D eigenvalue weighted by Gasteiger charge is -1.98. The Hall–Kier alpha value is -2.76. The van der Waals surface area contributed by atoms with E-state index in [1.54, 1.807) is 24.7 Å². The summed E-state index contributed by atoms with van der Waals surface area (Å²) in [7, 11) is 0. The molecule has 0 aliphatic carbocycles. The van der Waals surface area contributed by atoms with Gasteiger partial charge in [0.1, 0.15) is 5.75 Å². The molecule has 0 atom stereocenters. The number of nitrogens with zero attached hydrogens (tertiary/aromatic N) is 4. The van der Waals surface area contributed by atoms with E-state index in [0.717, 1.165) is 11.1 Å². The van der Waals surface area contributed by atoms with Crippen molar-refractivity contribution in [1.82, 2.24) is 20.1 Å². The maximum absolute atomic E-state index is 9.70. The van der Waals surface area contributed by atoms with Gasteiger partial charge in [0.25, 0.3) is 5.89 Å². The summed E-state index contributed by atoms with van der Waals surface area (Å²) < 4.78 is 5.16. The maximum Gasteiger partial charge on any atom is 0.262 e. The Kier molecular flexibility index (Phi) is 2.68. The lowest BCUT2D eigenvalue weighted by atomic mass is 10.1. The fourth-order valence-corrected chi connectivity index (χ4v) is 1.71. The van der Waals surface area contributed by atoms with Crippen LogP contribution in [0.2, 0.25) is 0 Å². The third-order valence-electron chi connectivity index (χ3n) is 2.74. The van der Waals surface area contributed by atoms with Crippen molar-refractivity contribution in [2.24, 2.45) is 0 Å². The van der Waals surface area contributed by atoms with Crippen molar-refractivity contribution in [3.8, 4) is 28.6 Å². The first-order chi connectivity index (χ1) is 9.25. The Morgan fingerprint density at radius 3 is 2.63 bits per heavy atom. The highest BCUT2D eigenvalue weighted by molar-refractivity contribution is 5.64. The average molecular weight is 254 g/mol. The summed E-state index contributed by atoms with van der Waals surface area (Å²) in [4.78, 5) is 12.1. The Bertz CT molecular complexity index is 664. The number of hydrogen-bond acceptors (Lipinski definition) is 6. The van der Waals surface area contributed by atoms with Gasteiger partial charge in [0.2, 0.25) is 5.82 Å². The smallest absolute Gasteiger partial charge is 0.262 e. The Morgan fingerprint density at radius 2 is 1.84 bits per heavy atom. The van der Waals surface area contributed by atoms with Crippen LogP contribution in [0.3, 0.4) is 0 Å². The average Bonchev–Trinajstić information content (AvgIpc) is 2.89. The van der Waals surface area contributed by atoms with Crippen LogP contribution in [0.5, 0.6) is 5.75 Å². The van der Waals surface area contributed by atoms with E-state index in [4.69, 9.17) is 4.52 Å². The fraction of sp³-hybridized carbons (Fsp3) is 0.0769. The second kappa shape index (κ2) is 4.49. The molecule has 0 aliphatic rings. The van der Waals surface area contributed by atoms with Crippen LogP contribution in [0.15, 0.2) is 41.4 Å². The van der Waals surface area contributed by atoms with Crippen molar-refractivity contribution in [2.75, 3.05) is 0 Å². The number of rotatable bonds is 2. The molecule has 0 saturated heterocycles. The summed E-state index contributed by atoms with van der Waals surface area (Å²) in [6.07, 6.45) is 6.26. The third kappa shape index (κ3) is 2.03. The lowest BCUT2D eigenvalue weighted by Crippen LogP contribution is -1.87. The van der Waals surface area contributed by atoms with E-state index >= 15 is 0 Å². The molecule has 0 unspecified atom stereocenters. The normalized spacial score (nSPS) is 10.6. The van der Waals surface area contributed by atoms with Gasteiger partial charge in [0.15, 0.2) is 0 Å². The molecule has 0 amide bonds. The molecular formula is C13H10N4O2. The monoisotopic (exact) mass is 254 g/mol. The highest BCUT2D eigenvalue weighted by Crippen LogP contribution is 2.28. The molecule has 3 heterocycles. The molecule has 0 spiro atoms. The lowest BCUT2D eigenvalue weighted by molar-refractivity contribution is 0.425. The van der Waals surface area contributed by atoms with Crippen LogP contribution in [0.25, 0.3) is 22.8 Å². The topological polar surface area (TPSA) is 84.9 Å². The van der Waals surface area contributed by atoms with Crippen LogP contribution >= 0.6 is 0 Å². The second-order valence-corrected chi connectivity index (χ2v) is 4.01. The van der Waals surface area contributed by atoms with Gasteiger partial charge in [-0.3, -0.25) is 9.97 Å². The largest absolute Gasteiger partial charge is 0.505 e. The van der Waals surface area contributed by atoms with E-state index in [2.05, 4.69) is 20.1 Å². The number of aromatic hydroxyl groups is 1. The van der Waals surface area contributed by atoms with Crippen molar-refractivity contribution < 1.29 is 9.63 Å². The van der Waals surface area contributed by atoms with Gasteiger partial charge >= 0.3 is 0 Å². The van der Waals surface area contributed by atoms with E-state index in [9.17, 15) is 5.11 Å². The highest BCUT2D eigenvalue weighted by atomic mass is 16.5. The fourth-order valence-electron chi connectivity index (χ4n) is 1.71. The molecule has 0 saturated carbocycles. The van der Waals surface area contributed by atoms with Gasteiger partial charge in [-0.05, 0) is 24.6 Å². The summed E-state index contributed by atoms with van der Waals surface area (Å²) >= 11 is 0. The van der Waals surface area contributed by atoms with E-state index in [1.807, 2.05) is 13.0 Å². The minimum absolute atomic E-state index is 0.000564. The molecule has 6 heteroatoms. The molecule has 0 aromatic carbocycles. The number of pyridine rings is 2. The summed E-state index contributed by atoms with van der Waals surface area (Å²) in [5.74, 6) is 0.690. The molecule has 0 radical (unpaired) electrons. The van der Waals surface area contributed by atoms with Gasteiger partial charge < -0.3 is 9.63 Å². The Morgan fingerprint density at radius 1 is 1.05 bits per heavy atom. The summed E-state index contributed by atoms with van der Waals surface area (Å²) in [5.41, 5.74) is 2.25. The number of hydrogen-bond donors (Lipinski definition) is 1. The highest BCUT2D eigenvalue weighted by Gasteiger charge is 2.14. The van der Waals surface area contributed by atoms with E-state index in [1.165, 1.54) is 6.20 Å². The zero-order valence-corrected chi connectivity index (χ0v) is 10.1. The molecule has 0 aliphatic heterocycles. The first kappa shape index (κ1) is 11.3. The van der Waals surface area contributed by atoms with Gasteiger partial charge in [-0.1, -0.05) is 5.16 Å². The van der Waals surface area contributed by atoms with Crippen molar-refractivity contribution in [3.63, 3.8) is 0 Å². The van der Waals surface area contributed by atoms with Crippen LogP contribution in [0.4, 0.5) is 0 Å². The van der Waals surface area contributed by atoms with Gasteiger partial charge in [0, 0.05) is 24.2 Å². The van der Waals surface area contributed by atoms with Crippen LogP contribution in [-0.2, 0) is 0 Å². The molecule has 3 aromatic heterocycles. The number of aromatic nitrogens is 4. The summed E-state index contributed by atoms with van der Waals surface area (Å²) in [6, 6.07) is 3.48. The van der Waals surface area contributed by atoms with Gasteiger partial charge in [-0.25, -0.2) is 0 Å². The maximum atomic E-state index is 9.70. The number of aryl methyl sites for hydroxylation is 1. The van der Waals surface area contributed by atoms with Crippen LogP contribution in [-0.4, -0.2) is 25.2 Å². The van der Waals surface area contributed by atoms with Crippen LogP contribution in [0.1, 0.15) is 5.56 Å². The minimum Gasteiger partial charge on any atom is -0.505 e. The van der Waals surface area contributed by atoms with Crippen molar-refractivity contribution in [1.29, 1.82) is 0 Å². The minimum atomic E-state index is 0.000564. The molecule has 94 valence electrons. The Labute approximate surface area is 108 Å². The van der Waals surface area contributed by atoms with Crippen molar-refractivity contribution in [2.45, 2.75) is 6.92 Å². The SMILES string of the molecule is Cc1ccncc1-c1noc(-c2ccncc2O)n1. The standard InChI is InChI=1S/C13H10N4O2/c1-8-2-4-14-6-10(8)12-16-13(19-17-12)9-3-5-15-7-11(9)18/h2-7,18H,1H3. The van der Waals surface area contributed by atoms with E-state index in [-0.39, 0.29) is 11.6 Å². The van der Waals surface area contributed by atoms with E-state index < -0.39 is 0 Å². The van der Waals surface area contributed by atoms with Crippen molar-refractivity contribution >= 4 is 0 Å². The summed E-state index contributed by atoms with van der Waals surface area (Å²) in [6.45, 7) is 1.94. The summed E-state index contributed by atoms with van der Waals surface area (Å²) in [5, 5.41) is 13.6. The quantitative estimate of drug-likeness (QED) is 0.754. The molecule has 19 heavy (non-hydrogen) atoms. The molecule has 0 fully saturated rings. The van der Waals surface area contributed by atoms with Crippen LogP contribution in [0, 0.1) is 6.92 Å². The molecule has 3 aromatic rings. The van der Waals surface area contributed by atoms with E-state index in [0.29, 0.717) is 11.4 Å². The van der Waals surface area contributed by atoms with Crippen LogP contribution < -0.4 is 0 Å². The zero-order chi connectivity index (χ0) is 13.2. The van der Waals surface area contributed by atoms with Gasteiger partial charge in [-0.2, -0.15) is 4.98 Å². The second-order valence-electron chi connectivity index (χ2n) is 4.01. The molecule has 0 bridgehead atoms.